The molecule has 2 rings (SSSR count). The van der Waals surface area contributed by atoms with Crippen molar-refractivity contribution in [3.05, 3.63) is 0 Å². The van der Waals surface area contributed by atoms with E-state index in [0.717, 1.165) is 6.42 Å². The monoisotopic (exact) mass is 223 g/mol. The Labute approximate surface area is 99.2 Å². The third-order valence-electron chi connectivity index (χ3n) is 4.17. The lowest BCUT2D eigenvalue weighted by Gasteiger charge is -2.25. The minimum Gasteiger partial charge on any atom is -0.353 e. The molecule has 0 aromatic heterocycles. The summed E-state index contributed by atoms with van der Waals surface area (Å²) in [5.74, 6) is 0.996. The van der Waals surface area contributed by atoms with Crippen LogP contribution in [0.1, 0.15) is 70.6 Å². The predicted octanol–water partition coefficient (Wildman–Crippen LogP) is 3.41. The van der Waals surface area contributed by atoms with Crippen LogP contribution in [-0.4, -0.2) is 11.9 Å². The van der Waals surface area contributed by atoms with Crippen molar-refractivity contribution in [1.82, 2.24) is 5.32 Å². The second-order valence-electron chi connectivity index (χ2n) is 5.61. The molecule has 0 bridgehead atoms. The first kappa shape index (κ1) is 11.9. The normalized spacial score (nSPS) is 24.2. The first-order valence-corrected chi connectivity index (χ1v) is 7.14. The molecular weight excluding hydrogens is 198 g/mol. The summed E-state index contributed by atoms with van der Waals surface area (Å²) in [7, 11) is 0. The third kappa shape index (κ3) is 3.80. The highest BCUT2D eigenvalue weighted by Gasteiger charge is 2.20. The van der Waals surface area contributed by atoms with E-state index >= 15 is 0 Å². The average Bonchev–Trinajstić information content (AvgIpc) is 2.31. The standard InChI is InChI=1S/C14H25NO/c16-14(11-12-7-3-1-4-8-12)15-13-9-5-2-6-10-13/h12-13H,1-11H2,(H,15,16). The Morgan fingerprint density at radius 2 is 1.44 bits per heavy atom. The van der Waals surface area contributed by atoms with Crippen LogP contribution in [0.4, 0.5) is 0 Å². The Morgan fingerprint density at radius 3 is 2.06 bits per heavy atom. The highest BCUT2D eigenvalue weighted by molar-refractivity contribution is 5.76. The molecule has 2 fully saturated rings. The van der Waals surface area contributed by atoms with Crippen LogP contribution in [0.5, 0.6) is 0 Å². The highest BCUT2D eigenvalue weighted by Crippen LogP contribution is 2.26. The zero-order valence-corrected chi connectivity index (χ0v) is 10.3. The van der Waals surface area contributed by atoms with E-state index in [1.165, 1.54) is 64.2 Å². The number of carbonyl (C=O) groups excluding carboxylic acids is 1. The van der Waals surface area contributed by atoms with Crippen LogP contribution in [0.25, 0.3) is 0 Å². The number of carbonyl (C=O) groups is 1. The molecule has 2 saturated carbocycles. The van der Waals surface area contributed by atoms with Crippen LogP contribution in [-0.2, 0) is 4.79 Å². The summed E-state index contributed by atoms with van der Waals surface area (Å²) in [6.45, 7) is 0. The quantitative estimate of drug-likeness (QED) is 0.780. The van der Waals surface area contributed by atoms with Crippen molar-refractivity contribution in [3.8, 4) is 0 Å². The largest absolute Gasteiger partial charge is 0.353 e. The fourth-order valence-corrected chi connectivity index (χ4v) is 3.19. The number of rotatable bonds is 3. The van der Waals surface area contributed by atoms with Crippen LogP contribution in [0.2, 0.25) is 0 Å². The molecule has 0 saturated heterocycles. The summed E-state index contributed by atoms with van der Waals surface area (Å²) in [5, 5.41) is 3.23. The number of hydrogen-bond donors (Lipinski definition) is 1. The van der Waals surface area contributed by atoms with Gasteiger partial charge in [0.2, 0.25) is 5.91 Å². The molecule has 0 radical (unpaired) electrons. The van der Waals surface area contributed by atoms with Gasteiger partial charge in [-0.1, -0.05) is 38.5 Å². The van der Waals surface area contributed by atoms with Crippen molar-refractivity contribution in [2.45, 2.75) is 76.7 Å². The van der Waals surface area contributed by atoms with Gasteiger partial charge < -0.3 is 5.32 Å². The molecule has 0 unspecified atom stereocenters. The van der Waals surface area contributed by atoms with Gasteiger partial charge in [-0.05, 0) is 31.6 Å². The second kappa shape index (κ2) is 6.27. The van der Waals surface area contributed by atoms with E-state index in [1.807, 2.05) is 0 Å². The van der Waals surface area contributed by atoms with Crippen molar-refractivity contribution in [1.29, 1.82) is 0 Å². The zero-order valence-electron chi connectivity index (χ0n) is 10.3. The highest BCUT2D eigenvalue weighted by atomic mass is 16.1. The van der Waals surface area contributed by atoms with Crippen molar-refractivity contribution in [3.63, 3.8) is 0 Å². The van der Waals surface area contributed by atoms with Crippen LogP contribution >= 0.6 is 0 Å². The summed E-state index contributed by atoms with van der Waals surface area (Å²) < 4.78 is 0. The first-order valence-electron chi connectivity index (χ1n) is 7.14. The van der Waals surface area contributed by atoms with Gasteiger partial charge in [-0.2, -0.15) is 0 Å². The summed E-state index contributed by atoms with van der Waals surface area (Å²) in [4.78, 5) is 11.9. The van der Waals surface area contributed by atoms with E-state index in [2.05, 4.69) is 5.32 Å². The van der Waals surface area contributed by atoms with Gasteiger partial charge in [0.25, 0.3) is 0 Å². The van der Waals surface area contributed by atoms with Crippen LogP contribution in [0, 0.1) is 5.92 Å². The van der Waals surface area contributed by atoms with Crippen molar-refractivity contribution < 1.29 is 4.79 Å². The van der Waals surface area contributed by atoms with Crippen molar-refractivity contribution in [2.75, 3.05) is 0 Å². The molecule has 0 aromatic carbocycles. The molecule has 0 spiro atoms. The van der Waals surface area contributed by atoms with Gasteiger partial charge in [-0.25, -0.2) is 0 Å². The predicted molar refractivity (Wildman–Crippen MR) is 66.2 cm³/mol. The lowest BCUT2D eigenvalue weighted by molar-refractivity contribution is -0.123. The lowest BCUT2D eigenvalue weighted by Crippen LogP contribution is -2.37. The molecule has 92 valence electrons. The fourth-order valence-electron chi connectivity index (χ4n) is 3.19. The molecular formula is C14H25NO. The molecule has 0 aromatic rings. The maximum Gasteiger partial charge on any atom is 0.220 e. The molecule has 0 heterocycles. The van der Waals surface area contributed by atoms with Gasteiger partial charge in [0.05, 0.1) is 0 Å². The maximum absolute atomic E-state index is 11.9. The Bertz CT molecular complexity index is 193. The first-order chi connectivity index (χ1) is 7.84. The second-order valence-corrected chi connectivity index (χ2v) is 5.61. The van der Waals surface area contributed by atoms with Gasteiger partial charge in [0.15, 0.2) is 0 Å². The van der Waals surface area contributed by atoms with E-state index in [1.54, 1.807) is 0 Å². The summed E-state index contributed by atoms with van der Waals surface area (Å²) in [5.41, 5.74) is 0. The minimum absolute atomic E-state index is 0.318. The zero-order chi connectivity index (χ0) is 11.2. The van der Waals surface area contributed by atoms with E-state index < -0.39 is 0 Å². The Kier molecular flexibility index (Phi) is 4.68. The molecule has 1 amide bonds. The van der Waals surface area contributed by atoms with Crippen LogP contribution in [0.15, 0.2) is 0 Å². The molecule has 2 aliphatic rings. The van der Waals surface area contributed by atoms with Gasteiger partial charge in [0, 0.05) is 12.5 Å². The third-order valence-corrected chi connectivity index (χ3v) is 4.17. The molecule has 2 aliphatic carbocycles. The number of hydrogen-bond acceptors (Lipinski definition) is 1. The summed E-state index contributed by atoms with van der Waals surface area (Å²) in [6.07, 6.45) is 13.8. The topological polar surface area (TPSA) is 29.1 Å². The SMILES string of the molecule is O=C(CC1CCCCC1)NC1CCCCC1. The summed E-state index contributed by atoms with van der Waals surface area (Å²) >= 11 is 0. The lowest BCUT2D eigenvalue weighted by atomic mass is 9.86. The molecule has 2 nitrogen and oxygen atoms in total. The van der Waals surface area contributed by atoms with E-state index in [-0.39, 0.29) is 0 Å². The summed E-state index contributed by atoms with van der Waals surface area (Å²) in [6, 6.07) is 0.491. The number of amides is 1. The van der Waals surface area contributed by atoms with E-state index in [9.17, 15) is 4.79 Å². The minimum atomic E-state index is 0.318. The van der Waals surface area contributed by atoms with Gasteiger partial charge in [0.1, 0.15) is 0 Å². The van der Waals surface area contributed by atoms with E-state index in [0.29, 0.717) is 17.9 Å². The average molecular weight is 223 g/mol. The molecule has 0 aliphatic heterocycles. The smallest absolute Gasteiger partial charge is 0.220 e. The van der Waals surface area contributed by atoms with Gasteiger partial charge in [-0.3, -0.25) is 4.79 Å². The fraction of sp³-hybridized carbons (Fsp3) is 0.929. The van der Waals surface area contributed by atoms with E-state index in [4.69, 9.17) is 0 Å². The van der Waals surface area contributed by atoms with Crippen LogP contribution in [0.3, 0.4) is 0 Å². The molecule has 0 atom stereocenters. The molecule has 16 heavy (non-hydrogen) atoms. The Hall–Kier alpha value is -0.530. The Morgan fingerprint density at radius 1 is 0.875 bits per heavy atom. The van der Waals surface area contributed by atoms with Gasteiger partial charge in [-0.15, -0.1) is 0 Å². The van der Waals surface area contributed by atoms with Crippen LogP contribution < -0.4 is 5.32 Å². The molecule has 1 N–H and O–H groups in total. The van der Waals surface area contributed by atoms with Crippen molar-refractivity contribution >= 4 is 5.91 Å². The van der Waals surface area contributed by atoms with Crippen molar-refractivity contribution in [2.24, 2.45) is 5.92 Å². The Balaban J connectivity index is 1.66. The van der Waals surface area contributed by atoms with Gasteiger partial charge >= 0.3 is 0 Å². The molecule has 2 heteroatoms. The number of nitrogens with one attached hydrogen (secondary N) is 1. The maximum atomic E-state index is 11.9.